The van der Waals surface area contributed by atoms with Crippen molar-refractivity contribution in [2.24, 2.45) is 4.99 Å². The van der Waals surface area contributed by atoms with Crippen LogP contribution in [0.3, 0.4) is 0 Å². The number of nitrogens with zero attached hydrogens (tertiary/aromatic N) is 1. The van der Waals surface area contributed by atoms with E-state index >= 15 is 0 Å². The summed E-state index contributed by atoms with van der Waals surface area (Å²) >= 11 is 1.26. The molecule has 4 rings (SSSR count). The van der Waals surface area contributed by atoms with E-state index in [0.717, 1.165) is 5.69 Å². The van der Waals surface area contributed by atoms with Crippen molar-refractivity contribution < 1.29 is 19.1 Å². The predicted molar refractivity (Wildman–Crippen MR) is 148 cm³/mol. The first-order valence-electron chi connectivity index (χ1n) is 11.6. The first-order valence-corrected chi connectivity index (χ1v) is 12.6. The van der Waals surface area contributed by atoms with E-state index in [0.29, 0.717) is 39.2 Å². The van der Waals surface area contributed by atoms with Crippen LogP contribution in [0.2, 0.25) is 0 Å². The molecule has 3 aromatic carbocycles. The molecule has 0 unspecified atom stereocenters. The van der Waals surface area contributed by atoms with Gasteiger partial charge in [0.2, 0.25) is 5.91 Å². The normalized spacial score (nSPS) is 14.8. The van der Waals surface area contributed by atoms with Gasteiger partial charge < -0.3 is 25.4 Å². The van der Waals surface area contributed by atoms with Crippen molar-refractivity contribution in [1.82, 2.24) is 5.32 Å². The van der Waals surface area contributed by atoms with E-state index < -0.39 is 6.04 Å². The van der Waals surface area contributed by atoms with Crippen LogP contribution in [0.4, 0.5) is 11.4 Å². The minimum Gasteiger partial charge on any atom is -0.497 e. The number of rotatable bonds is 8. The number of hydrogen-bond donors (Lipinski definition) is 3. The van der Waals surface area contributed by atoms with Crippen LogP contribution in [0.25, 0.3) is 0 Å². The number of amides is 2. The molecule has 8 nitrogen and oxygen atoms in total. The smallest absolute Gasteiger partial charge is 0.255 e. The summed E-state index contributed by atoms with van der Waals surface area (Å²) in [6, 6.07) is 23.2. The first-order chi connectivity index (χ1) is 18.0. The summed E-state index contributed by atoms with van der Waals surface area (Å²) in [5, 5.41) is 9.55. The lowest BCUT2D eigenvalue weighted by Gasteiger charge is -2.27. The zero-order valence-corrected chi connectivity index (χ0v) is 21.6. The fraction of sp³-hybridized carbons (Fsp3) is 0.179. The summed E-state index contributed by atoms with van der Waals surface area (Å²) < 4.78 is 11.0. The highest BCUT2D eigenvalue weighted by atomic mass is 32.2. The van der Waals surface area contributed by atoms with Gasteiger partial charge in [-0.15, -0.1) is 0 Å². The number of benzene rings is 3. The van der Waals surface area contributed by atoms with Gasteiger partial charge in [0, 0.05) is 28.7 Å². The van der Waals surface area contributed by atoms with E-state index in [9.17, 15) is 9.59 Å². The Kier molecular flexibility index (Phi) is 8.48. The van der Waals surface area contributed by atoms with Gasteiger partial charge >= 0.3 is 0 Å². The van der Waals surface area contributed by atoms with Crippen molar-refractivity contribution in [1.29, 1.82) is 0 Å². The highest BCUT2D eigenvalue weighted by molar-refractivity contribution is 8.14. The summed E-state index contributed by atoms with van der Waals surface area (Å²) in [6.45, 7) is 1.82. The molecule has 2 amide bonds. The number of aliphatic imine (C=N–C) groups is 1. The molecule has 0 spiro atoms. The van der Waals surface area contributed by atoms with Gasteiger partial charge in [-0.05, 0) is 43.3 Å². The topological polar surface area (TPSA) is 101 Å². The number of carbonyl (C=O) groups is 2. The Morgan fingerprint density at radius 1 is 0.919 bits per heavy atom. The summed E-state index contributed by atoms with van der Waals surface area (Å²) in [5.41, 5.74) is 3.19. The fourth-order valence-electron chi connectivity index (χ4n) is 3.86. The van der Waals surface area contributed by atoms with Crippen LogP contribution in [0, 0.1) is 0 Å². The van der Waals surface area contributed by atoms with Crippen molar-refractivity contribution in [3.05, 3.63) is 95.7 Å². The first kappa shape index (κ1) is 25.8. The van der Waals surface area contributed by atoms with Gasteiger partial charge in [-0.1, -0.05) is 48.2 Å². The zero-order valence-electron chi connectivity index (χ0n) is 20.8. The van der Waals surface area contributed by atoms with Crippen molar-refractivity contribution >= 4 is 40.1 Å². The quantitative estimate of drug-likeness (QED) is 0.390. The zero-order chi connectivity index (χ0) is 26.2. The minimum absolute atomic E-state index is 0.145. The van der Waals surface area contributed by atoms with E-state index in [1.807, 2.05) is 73.7 Å². The van der Waals surface area contributed by atoms with Gasteiger partial charge in [0.05, 0.1) is 25.5 Å². The molecule has 190 valence electrons. The molecule has 0 aliphatic carbocycles. The number of carbonyl (C=O) groups excluding carboxylic acids is 2. The predicted octanol–water partition coefficient (Wildman–Crippen LogP) is 4.99. The molecule has 0 aromatic heterocycles. The second-order valence-corrected chi connectivity index (χ2v) is 9.10. The molecule has 1 aliphatic rings. The molecule has 3 N–H and O–H groups in total. The van der Waals surface area contributed by atoms with Crippen LogP contribution in [0.15, 0.2) is 95.1 Å². The highest BCUT2D eigenvalue weighted by Gasteiger charge is 2.32. The van der Waals surface area contributed by atoms with Crippen LogP contribution in [-0.4, -0.2) is 37.0 Å². The van der Waals surface area contributed by atoms with E-state index in [1.54, 1.807) is 26.4 Å². The Bertz CT molecular complexity index is 1330. The van der Waals surface area contributed by atoms with Crippen molar-refractivity contribution in [3.8, 4) is 11.5 Å². The molecule has 0 saturated heterocycles. The number of nitrogens with one attached hydrogen (secondary N) is 3. The van der Waals surface area contributed by atoms with Crippen molar-refractivity contribution in [2.45, 2.75) is 13.0 Å². The summed E-state index contributed by atoms with van der Waals surface area (Å²) in [5.74, 6) is 0.870. The molecule has 9 heteroatoms. The Morgan fingerprint density at radius 2 is 1.57 bits per heavy atom. The average molecular weight is 517 g/mol. The van der Waals surface area contributed by atoms with Crippen LogP contribution < -0.4 is 25.4 Å². The molecule has 1 atom stereocenters. The fourth-order valence-corrected chi connectivity index (χ4v) is 4.60. The number of thioether (sulfide) groups is 1. The van der Waals surface area contributed by atoms with Gasteiger partial charge in [-0.25, -0.2) is 4.99 Å². The van der Waals surface area contributed by atoms with Gasteiger partial charge in [0.15, 0.2) is 5.17 Å². The van der Waals surface area contributed by atoms with Gasteiger partial charge in [-0.2, -0.15) is 0 Å². The summed E-state index contributed by atoms with van der Waals surface area (Å²) in [4.78, 5) is 30.8. The van der Waals surface area contributed by atoms with Crippen LogP contribution in [0.5, 0.6) is 11.5 Å². The van der Waals surface area contributed by atoms with Crippen molar-refractivity contribution in [2.75, 3.05) is 30.6 Å². The Hall–Kier alpha value is -4.24. The Balaban J connectivity index is 1.61. The molecule has 0 radical (unpaired) electrons. The standard InChI is InChI=1S/C28H28N4O4S/c1-18-25(27(34)31-20-12-8-5-9-13-20)26(22-15-14-21(35-2)16-23(22)36-3)32-28(29-18)37-17-24(33)30-19-10-6-4-7-11-19/h4-16,26H,17H2,1-3H3,(H,29,32)(H,30,33)(H,31,34)/t26-/m0/s1. The van der Waals surface area contributed by atoms with E-state index in [1.165, 1.54) is 11.8 Å². The van der Waals surface area contributed by atoms with Crippen LogP contribution >= 0.6 is 11.8 Å². The third kappa shape index (κ3) is 6.50. The van der Waals surface area contributed by atoms with Gasteiger partial charge in [-0.3, -0.25) is 9.59 Å². The molecule has 3 aromatic rings. The third-order valence-electron chi connectivity index (χ3n) is 5.63. The van der Waals surface area contributed by atoms with E-state index in [2.05, 4.69) is 16.0 Å². The summed E-state index contributed by atoms with van der Waals surface area (Å²) in [6.07, 6.45) is 0. The summed E-state index contributed by atoms with van der Waals surface area (Å²) in [7, 11) is 3.14. The van der Waals surface area contributed by atoms with Gasteiger partial charge in [0.1, 0.15) is 17.5 Å². The van der Waals surface area contributed by atoms with Crippen LogP contribution in [-0.2, 0) is 9.59 Å². The number of ether oxygens (including phenoxy) is 2. The molecular weight excluding hydrogens is 488 g/mol. The van der Waals surface area contributed by atoms with Crippen molar-refractivity contribution in [3.63, 3.8) is 0 Å². The SMILES string of the molecule is COc1ccc([C@@H]2N=C(SCC(=O)Nc3ccccc3)NC(C)=C2C(=O)Nc2ccccc2)c(OC)c1. The molecule has 0 bridgehead atoms. The lowest BCUT2D eigenvalue weighted by atomic mass is 9.95. The number of methoxy groups -OCH3 is 2. The molecule has 0 saturated carbocycles. The lowest BCUT2D eigenvalue weighted by Crippen LogP contribution is -2.33. The third-order valence-corrected chi connectivity index (χ3v) is 6.51. The highest BCUT2D eigenvalue weighted by Crippen LogP contribution is 2.39. The Morgan fingerprint density at radius 3 is 2.19 bits per heavy atom. The second-order valence-electron chi connectivity index (χ2n) is 8.13. The number of hydrogen-bond acceptors (Lipinski definition) is 7. The Labute approximate surface area is 220 Å². The number of allylic oxidation sites excluding steroid dienone is 1. The maximum atomic E-state index is 13.4. The van der Waals surface area contributed by atoms with Gasteiger partial charge in [0.25, 0.3) is 5.91 Å². The molecule has 1 heterocycles. The molecular formula is C28H28N4O4S. The molecule has 0 fully saturated rings. The van der Waals surface area contributed by atoms with Crippen LogP contribution in [0.1, 0.15) is 18.5 Å². The number of para-hydroxylation sites is 2. The molecule has 1 aliphatic heterocycles. The maximum absolute atomic E-state index is 13.4. The second kappa shape index (κ2) is 12.1. The number of amidine groups is 1. The largest absolute Gasteiger partial charge is 0.497 e. The lowest BCUT2D eigenvalue weighted by molar-refractivity contribution is -0.114. The number of anilines is 2. The molecule has 37 heavy (non-hydrogen) atoms. The minimum atomic E-state index is -0.662. The monoisotopic (exact) mass is 516 g/mol. The van der Waals surface area contributed by atoms with E-state index in [-0.39, 0.29) is 17.6 Å². The van der Waals surface area contributed by atoms with E-state index in [4.69, 9.17) is 14.5 Å². The average Bonchev–Trinajstić information content (AvgIpc) is 2.92. The maximum Gasteiger partial charge on any atom is 0.255 e.